The quantitative estimate of drug-likeness (QED) is 0.834. The van der Waals surface area contributed by atoms with Gasteiger partial charge in [-0.2, -0.15) is 5.26 Å². The smallest absolute Gasteiger partial charge is 0.0991 e. The lowest BCUT2D eigenvalue weighted by Crippen LogP contribution is -2.19. The highest BCUT2D eigenvalue weighted by molar-refractivity contribution is 5.40. The van der Waals surface area contributed by atoms with Crippen LogP contribution in [-0.2, 0) is 19.5 Å². The van der Waals surface area contributed by atoms with Gasteiger partial charge >= 0.3 is 0 Å². The Hall–Kier alpha value is -2.11. The Balaban J connectivity index is 1.63. The summed E-state index contributed by atoms with van der Waals surface area (Å²) in [4.78, 5) is 2.44. The summed E-state index contributed by atoms with van der Waals surface area (Å²) in [6.07, 6.45) is 1.08. The zero-order valence-electron chi connectivity index (χ0n) is 10.8. The standard InChI is InChI=1S/C17H16N2/c18-11-15-6-7-16-12-19(13-17(16)10-15)9-8-14-4-2-1-3-5-14/h1-7,10H,8-9,12-13H2. The zero-order chi connectivity index (χ0) is 13.1. The molecule has 0 aliphatic carbocycles. The molecule has 2 aromatic carbocycles. The molecule has 0 saturated heterocycles. The number of benzene rings is 2. The lowest BCUT2D eigenvalue weighted by Gasteiger charge is -2.14. The fourth-order valence-corrected chi connectivity index (χ4v) is 2.62. The molecule has 1 aliphatic rings. The van der Waals surface area contributed by atoms with E-state index >= 15 is 0 Å². The van der Waals surface area contributed by atoms with E-state index in [-0.39, 0.29) is 0 Å². The monoisotopic (exact) mass is 248 g/mol. The van der Waals surface area contributed by atoms with Crippen molar-refractivity contribution in [3.63, 3.8) is 0 Å². The summed E-state index contributed by atoms with van der Waals surface area (Å²) in [5, 5.41) is 8.92. The molecule has 0 spiro atoms. The van der Waals surface area contributed by atoms with E-state index in [4.69, 9.17) is 5.26 Å². The SMILES string of the molecule is N#Cc1ccc2c(c1)CN(CCc1ccccc1)C2. The van der Waals surface area contributed by atoms with Gasteiger partial charge in [0.05, 0.1) is 11.6 Å². The maximum atomic E-state index is 8.92. The summed E-state index contributed by atoms with van der Waals surface area (Å²) in [6, 6.07) is 18.8. The van der Waals surface area contributed by atoms with Gasteiger partial charge in [0, 0.05) is 19.6 Å². The molecule has 3 rings (SSSR count). The van der Waals surface area contributed by atoms with E-state index in [1.807, 2.05) is 12.1 Å². The van der Waals surface area contributed by atoms with E-state index in [2.05, 4.69) is 47.4 Å². The van der Waals surface area contributed by atoms with Crippen molar-refractivity contribution in [1.29, 1.82) is 5.26 Å². The van der Waals surface area contributed by atoms with Crippen LogP contribution in [0.1, 0.15) is 22.3 Å². The summed E-state index contributed by atoms with van der Waals surface area (Å²) >= 11 is 0. The minimum absolute atomic E-state index is 0.767. The number of hydrogen-bond donors (Lipinski definition) is 0. The van der Waals surface area contributed by atoms with Gasteiger partial charge in [-0.25, -0.2) is 0 Å². The second kappa shape index (κ2) is 5.26. The Bertz CT molecular complexity index is 611. The van der Waals surface area contributed by atoms with Crippen LogP contribution in [0, 0.1) is 11.3 Å². The highest BCUT2D eigenvalue weighted by atomic mass is 15.1. The van der Waals surface area contributed by atoms with Crippen LogP contribution >= 0.6 is 0 Å². The topological polar surface area (TPSA) is 27.0 Å². The molecule has 0 N–H and O–H groups in total. The predicted octanol–water partition coefficient (Wildman–Crippen LogP) is 3.12. The van der Waals surface area contributed by atoms with Crippen LogP contribution in [0.3, 0.4) is 0 Å². The van der Waals surface area contributed by atoms with Gasteiger partial charge < -0.3 is 0 Å². The Labute approximate surface area is 113 Å². The van der Waals surface area contributed by atoms with Crippen LogP contribution < -0.4 is 0 Å². The fourth-order valence-electron chi connectivity index (χ4n) is 2.62. The van der Waals surface area contributed by atoms with Crippen molar-refractivity contribution in [3.8, 4) is 6.07 Å². The average molecular weight is 248 g/mol. The first-order valence-corrected chi connectivity index (χ1v) is 6.63. The molecule has 0 fully saturated rings. The Morgan fingerprint density at radius 3 is 2.58 bits per heavy atom. The van der Waals surface area contributed by atoms with Gasteiger partial charge in [-0.3, -0.25) is 4.90 Å². The third-order valence-corrected chi connectivity index (χ3v) is 3.68. The molecule has 2 aromatic rings. The number of fused-ring (bicyclic) bond motifs is 1. The number of hydrogen-bond acceptors (Lipinski definition) is 2. The van der Waals surface area contributed by atoms with Crippen molar-refractivity contribution in [3.05, 3.63) is 70.8 Å². The van der Waals surface area contributed by atoms with E-state index in [1.165, 1.54) is 16.7 Å². The highest BCUT2D eigenvalue weighted by Crippen LogP contribution is 2.23. The van der Waals surface area contributed by atoms with Crippen molar-refractivity contribution < 1.29 is 0 Å². The molecule has 0 unspecified atom stereocenters. The normalized spacial score (nSPS) is 14.1. The molecule has 0 atom stereocenters. The fraction of sp³-hybridized carbons (Fsp3) is 0.235. The molecule has 0 amide bonds. The van der Waals surface area contributed by atoms with E-state index < -0.39 is 0 Å². The van der Waals surface area contributed by atoms with Crippen LogP contribution in [-0.4, -0.2) is 11.4 Å². The second-order valence-corrected chi connectivity index (χ2v) is 5.04. The minimum Gasteiger partial charge on any atom is -0.294 e. The van der Waals surface area contributed by atoms with Crippen molar-refractivity contribution in [2.24, 2.45) is 0 Å². The summed E-state index contributed by atoms with van der Waals surface area (Å²) in [7, 11) is 0. The maximum absolute atomic E-state index is 8.92. The molecule has 1 heterocycles. The van der Waals surface area contributed by atoms with Crippen molar-refractivity contribution >= 4 is 0 Å². The van der Waals surface area contributed by atoms with Gasteiger partial charge in [0.1, 0.15) is 0 Å². The van der Waals surface area contributed by atoms with Crippen LogP contribution in [0.2, 0.25) is 0 Å². The minimum atomic E-state index is 0.767. The number of nitrogens with zero attached hydrogens (tertiary/aromatic N) is 2. The van der Waals surface area contributed by atoms with E-state index in [9.17, 15) is 0 Å². The second-order valence-electron chi connectivity index (χ2n) is 5.04. The van der Waals surface area contributed by atoms with Gasteiger partial charge in [-0.15, -0.1) is 0 Å². The maximum Gasteiger partial charge on any atom is 0.0991 e. The molecule has 0 aromatic heterocycles. The average Bonchev–Trinajstić information content (AvgIpc) is 2.88. The Kier molecular flexibility index (Phi) is 3.31. The van der Waals surface area contributed by atoms with Crippen LogP contribution in [0.4, 0.5) is 0 Å². The number of rotatable bonds is 3. The predicted molar refractivity (Wildman–Crippen MR) is 75.4 cm³/mol. The lowest BCUT2D eigenvalue weighted by molar-refractivity contribution is 0.288. The molecule has 0 bridgehead atoms. The first-order chi connectivity index (χ1) is 9.35. The summed E-state index contributed by atoms with van der Waals surface area (Å²) in [6.45, 7) is 3.05. The molecule has 2 nitrogen and oxygen atoms in total. The van der Waals surface area contributed by atoms with E-state index in [0.29, 0.717) is 0 Å². The van der Waals surface area contributed by atoms with E-state index in [1.54, 1.807) is 0 Å². The summed E-state index contributed by atoms with van der Waals surface area (Å²) in [5.74, 6) is 0. The van der Waals surface area contributed by atoms with Crippen molar-refractivity contribution in [1.82, 2.24) is 4.90 Å². The first kappa shape index (κ1) is 12.0. The summed E-state index contributed by atoms with van der Waals surface area (Å²) < 4.78 is 0. The van der Waals surface area contributed by atoms with Crippen molar-refractivity contribution in [2.75, 3.05) is 6.54 Å². The van der Waals surface area contributed by atoms with Crippen LogP contribution in [0.25, 0.3) is 0 Å². The molecule has 1 aliphatic heterocycles. The lowest BCUT2D eigenvalue weighted by atomic mass is 10.1. The molecule has 0 radical (unpaired) electrons. The van der Waals surface area contributed by atoms with Gasteiger partial charge in [0.15, 0.2) is 0 Å². The highest BCUT2D eigenvalue weighted by Gasteiger charge is 2.18. The third kappa shape index (κ3) is 2.67. The molecule has 2 heteroatoms. The van der Waals surface area contributed by atoms with E-state index in [0.717, 1.165) is 31.6 Å². The van der Waals surface area contributed by atoms with Crippen LogP contribution in [0.15, 0.2) is 48.5 Å². The third-order valence-electron chi connectivity index (χ3n) is 3.68. The summed E-state index contributed by atoms with van der Waals surface area (Å²) in [5.41, 5.74) is 4.83. The largest absolute Gasteiger partial charge is 0.294 e. The number of nitriles is 1. The zero-order valence-corrected chi connectivity index (χ0v) is 10.8. The van der Waals surface area contributed by atoms with Gasteiger partial charge in [-0.05, 0) is 35.2 Å². The Morgan fingerprint density at radius 1 is 1.00 bits per heavy atom. The van der Waals surface area contributed by atoms with Crippen LogP contribution in [0.5, 0.6) is 0 Å². The molecule has 19 heavy (non-hydrogen) atoms. The van der Waals surface area contributed by atoms with Gasteiger partial charge in [0.25, 0.3) is 0 Å². The molecular formula is C17H16N2. The van der Waals surface area contributed by atoms with Gasteiger partial charge in [-0.1, -0.05) is 36.4 Å². The van der Waals surface area contributed by atoms with Gasteiger partial charge in [0.2, 0.25) is 0 Å². The van der Waals surface area contributed by atoms with Crippen molar-refractivity contribution in [2.45, 2.75) is 19.5 Å². The molecular weight excluding hydrogens is 232 g/mol. The Morgan fingerprint density at radius 2 is 1.79 bits per heavy atom. The first-order valence-electron chi connectivity index (χ1n) is 6.63. The molecule has 94 valence electrons. The molecule has 0 saturated carbocycles.